The molecule has 3 aromatic carbocycles. The van der Waals surface area contributed by atoms with Crippen LogP contribution in [0.5, 0.6) is 0 Å². The van der Waals surface area contributed by atoms with Gasteiger partial charge in [-0.15, -0.1) is 0 Å². The van der Waals surface area contributed by atoms with Crippen molar-refractivity contribution in [3.05, 3.63) is 90.0 Å². The zero-order valence-electron chi connectivity index (χ0n) is 13.5. The molecule has 0 aliphatic rings. The summed E-state index contributed by atoms with van der Waals surface area (Å²) in [7, 11) is 1.39. The summed E-state index contributed by atoms with van der Waals surface area (Å²) < 4.78 is 4.84. The molecule has 3 rings (SSSR count). The van der Waals surface area contributed by atoms with E-state index in [1.807, 2.05) is 60.7 Å². The summed E-state index contributed by atoms with van der Waals surface area (Å²) >= 11 is 0. The van der Waals surface area contributed by atoms with Gasteiger partial charge in [-0.1, -0.05) is 60.7 Å². The Kier molecular flexibility index (Phi) is 4.92. The number of ether oxygens (including phenoxy) is 1. The maximum atomic E-state index is 11.8. The summed E-state index contributed by atoms with van der Waals surface area (Å²) in [6.07, 6.45) is 0. The first kappa shape index (κ1) is 15.8. The first-order chi connectivity index (χ1) is 11.8. The van der Waals surface area contributed by atoms with Crippen LogP contribution in [0, 0.1) is 0 Å². The Balaban J connectivity index is 1.94. The molecule has 0 aliphatic carbocycles. The maximum absolute atomic E-state index is 11.8. The van der Waals surface area contributed by atoms with Crippen molar-refractivity contribution in [3.8, 4) is 11.1 Å². The van der Waals surface area contributed by atoms with E-state index < -0.39 is 0 Å². The van der Waals surface area contributed by atoms with Crippen LogP contribution in [-0.2, 0) is 11.3 Å². The summed E-state index contributed by atoms with van der Waals surface area (Å²) in [6.45, 7) is 0.720. The van der Waals surface area contributed by atoms with E-state index in [2.05, 4.69) is 17.4 Å². The second kappa shape index (κ2) is 7.47. The van der Waals surface area contributed by atoms with E-state index in [4.69, 9.17) is 4.74 Å². The van der Waals surface area contributed by atoms with Crippen LogP contribution in [0.25, 0.3) is 11.1 Å². The number of hydrogen-bond acceptors (Lipinski definition) is 3. The molecule has 3 nitrogen and oxygen atoms in total. The first-order valence-corrected chi connectivity index (χ1v) is 7.83. The average Bonchev–Trinajstić information content (AvgIpc) is 2.67. The van der Waals surface area contributed by atoms with E-state index in [9.17, 15) is 4.79 Å². The minimum Gasteiger partial charge on any atom is -0.465 e. The van der Waals surface area contributed by atoms with Crippen molar-refractivity contribution in [2.45, 2.75) is 6.54 Å². The molecule has 0 atom stereocenters. The number of nitrogens with one attached hydrogen (secondary N) is 1. The SMILES string of the molecule is COC(=O)c1ccc(NCc2ccccc2)c(-c2ccccc2)c1. The number of methoxy groups -OCH3 is 1. The lowest BCUT2D eigenvalue weighted by Gasteiger charge is -2.14. The van der Waals surface area contributed by atoms with Gasteiger partial charge in [-0.2, -0.15) is 0 Å². The topological polar surface area (TPSA) is 38.3 Å². The van der Waals surface area contributed by atoms with Crippen LogP contribution in [0.2, 0.25) is 0 Å². The molecule has 0 aliphatic heterocycles. The number of carbonyl (C=O) groups excluding carboxylic acids is 1. The fourth-order valence-corrected chi connectivity index (χ4v) is 2.59. The van der Waals surface area contributed by atoms with Crippen LogP contribution in [-0.4, -0.2) is 13.1 Å². The van der Waals surface area contributed by atoms with Crippen molar-refractivity contribution in [2.24, 2.45) is 0 Å². The highest BCUT2D eigenvalue weighted by molar-refractivity contribution is 5.93. The number of esters is 1. The third-order valence-electron chi connectivity index (χ3n) is 3.85. The Labute approximate surface area is 141 Å². The Morgan fingerprint density at radius 2 is 1.58 bits per heavy atom. The number of carbonyl (C=O) groups is 1. The normalized spacial score (nSPS) is 10.2. The molecular formula is C21H19NO2. The lowest BCUT2D eigenvalue weighted by molar-refractivity contribution is 0.0601. The summed E-state index contributed by atoms with van der Waals surface area (Å²) in [4.78, 5) is 11.8. The predicted octanol–water partition coefficient (Wildman–Crippen LogP) is 4.75. The molecule has 0 unspecified atom stereocenters. The molecule has 3 heteroatoms. The van der Waals surface area contributed by atoms with Crippen molar-refractivity contribution in [2.75, 3.05) is 12.4 Å². The third-order valence-corrected chi connectivity index (χ3v) is 3.85. The number of benzene rings is 3. The van der Waals surface area contributed by atoms with Crippen LogP contribution < -0.4 is 5.32 Å². The molecule has 0 aromatic heterocycles. The van der Waals surface area contributed by atoms with E-state index in [-0.39, 0.29) is 5.97 Å². The van der Waals surface area contributed by atoms with Crippen molar-refractivity contribution in [3.63, 3.8) is 0 Å². The molecule has 0 spiro atoms. The molecule has 24 heavy (non-hydrogen) atoms. The van der Waals surface area contributed by atoms with E-state index in [1.54, 1.807) is 6.07 Å². The quantitative estimate of drug-likeness (QED) is 0.690. The molecule has 0 saturated heterocycles. The van der Waals surface area contributed by atoms with Crippen molar-refractivity contribution >= 4 is 11.7 Å². The Morgan fingerprint density at radius 3 is 2.25 bits per heavy atom. The zero-order valence-corrected chi connectivity index (χ0v) is 13.5. The van der Waals surface area contributed by atoms with Gasteiger partial charge in [-0.05, 0) is 29.3 Å². The lowest BCUT2D eigenvalue weighted by Crippen LogP contribution is -2.04. The highest BCUT2D eigenvalue weighted by Gasteiger charge is 2.11. The smallest absolute Gasteiger partial charge is 0.337 e. The fourth-order valence-electron chi connectivity index (χ4n) is 2.59. The molecule has 0 radical (unpaired) electrons. The van der Waals surface area contributed by atoms with Crippen LogP contribution in [0.4, 0.5) is 5.69 Å². The molecule has 3 aromatic rings. The van der Waals surface area contributed by atoms with Crippen LogP contribution in [0.15, 0.2) is 78.9 Å². The first-order valence-electron chi connectivity index (χ1n) is 7.83. The molecule has 120 valence electrons. The lowest BCUT2D eigenvalue weighted by atomic mass is 10.0. The van der Waals surface area contributed by atoms with E-state index in [0.29, 0.717) is 5.56 Å². The molecule has 0 fully saturated rings. The molecule has 0 bridgehead atoms. The fraction of sp³-hybridized carbons (Fsp3) is 0.0952. The number of rotatable bonds is 5. The van der Waals surface area contributed by atoms with Gasteiger partial charge >= 0.3 is 5.97 Å². The Bertz CT molecular complexity index is 814. The van der Waals surface area contributed by atoms with Crippen LogP contribution >= 0.6 is 0 Å². The van der Waals surface area contributed by atoms with Gasteiger partial charge in [0.25, 0.3) is 0 Å². The largest absolute Gasteiger partial charge is 0.465 e. The van der Waals surface area contributed by atoms with Gasteiger partial charge in [-0.3, -0.25) is 0 Å². The minimum absolute atomic E-state index is 0.332. The van der Waals surface area contributed by atoms with Gasteiger partial charge in [0.2, 0.25) is 0 Å². The van der Waals surface area contributed by atoms with Gasteiger partial charge in [0, 0.05) is 17.8 Å². The average molecular weight is 317 g/mol. The summed E-state index contributed by atoms with van der Waals surface area (Å²) in [5.41, 5.74) is 4.76. The van der Waals surface area contributed by atoms with Crippen molar-refractivity contribution in [1.29, 1.82) is 0 Å². The second-order valence-electron chi connectivity index (χ2n) is 5.46. The van der Waals surface area contributed by atoms with Crippen LogP contribution in [0.3, 0.4) is 0 Å². The van der Waals surface area contributed by atoms with Crippen molar-refractivity contribution < 1.29 is 9.53 Å². The summed E-state index contributed by atoms with van der Waals surface area (Å²) in [5.74, 6) is -0.332. The monoisotopic (exact) mass is 317 g/mol. The van der Waals surface area contributed by atoms with Gasteiger partial charge in [0.1, 0.15) is 0 Å². The second-order valence-corrected chi connectivity index (χ2v) is 5.46. The number of anilines is 1. The molecule has 0 saturated carbocycles. The molecule has 1 N–H and O–H groups in total. The third kappa shape index (κ3) is 3.63. The van der Waals surface area contributed by atoms with Gasteiger partial charge < -0.3 is 10.1 Å². The Hall–Kier alpha value is -3.07. The van der Waals surface area contributed by atoms with Crippen LogP contribution in [0.1, 0.15) is 15.9 Å². The predicted molar refractivity (Wildman–Crippen MR) is 97.0 cm³/mol. The Morgan fingerprint density at radius 1 is 0.917 bits per heavy atom. The van der Waals surface area contributed by atoms with E-state index >= 15 is 0 Å². The molecular weight excluding hydrogens is 298 g/mol. The standard InChI is InChI=1S/C21H19NO2/c1-24-21(23)18-12-13-20(22-15-16-8-4-2-5-9-16)19(14-18)17-10-6-3-7-11-17/h2-14,22H,15H2,1H3. The van der Waals surface area contributed by atoms with Gasteiger partial charge in [-0.25, -0.2) is 4.79 Å². The van der Waals surface area contributed by atoms with Gasteiger partial charge in [0.05, 0.1) is 12.7 Å². The van der Waals surface area contributed by atoms with Gasteiger partial charge in [0.15, 0.2) is 0 Å². The molecule has 0 amide bonds. The highest BCUT2D eigenvalue weighted by atomic mass is 16.5. The summed E-state index contributed by atoms with van der Waals surface area (Å²) in [6, 6.07) is 25.8. The summed E-state index contributed by atoms with van der Waals surface area (Å²) in [5, 5.41) is 3.46. The van der Waals surface area contributed by atoms with Crippen molar-refractivity contribution in [1.82, 2.24) is 0 Å². The van der Waals surface area contributed by atoms with E-state index in [1.165, 1.54) is 12.7 Å². The van der Waals surface area contributed by atoms with E-state index in [0.717, 1.165) is 23.4 Å². The maximum Gasteiger partial charge on any atom is 0.337 e. The number of hydrogen-bond donors (Lipinski definition) is 1. The zero-order chi connectivity index (χ0) is 16.8. The highest BCUT2D eigenvalue weighted by Crippen LogP contribution is 2.29. The molecule has 0 heterocycles. The minimum atomic E-state index is -0.332.